The predicted octanol–water partition coefficient (Wildman–Crippen LogP) is 11.5. The van der Waals surface area contributed by atoms with Gasteiger partial charge in [-0.25, -0.2) is 9.98 Å². The predicted molar refractivity (Wildman–Crippen MR) is 215 cm³/mol. The van der Waals surface area contributed by atoms with Crippen LogP contribution in [0, 0.1) is 0 Å². The van der Waals surface area contributed by atoms with Crippen molar-refractivity contribution in [2.45, 2.75) is 6.17 Å². The maximum atomic E-state index is 6.24. The molecule has 0 radical (unpaired) electrons. The third-order valence-electron chi connectivity index (χ3n) is 10.4. The average molecular weight is 667 g/mol. The average Bonchev–Trinajstić information content (AvgIpc) is 3.77. The Morgan fingerprint density at radius 1 is 0.500 bits per heavy atom. The van der Waals surface area contributed by atoms with Crippen LogP contribution in [0.25, 0.3) is 71.0 Å². The highest BCUT2D eigenvalue weighted by molar-refractivity contribution is 6.28. The number of rotatable bonds is 4. The number of hydrogen-bond donors (Lipinski definition) is 1. The van der Waals surface area contributed by atoms with Crippen LogP contribution in [-0.4, -0.2) is 16.2 Å². The van der Waals surface area contributed by atoms with E-state index in [1.54, 1.807) is 0 Å². The van der Waals surface area contributed by atoms with Gasteiger partial charge in [-0.2, -0.15) is 0 Å². The molecule has 0 amide bonds. The van der Waals surface area contributed by atoms with Gasteiger partial charge < -0.3 is 14.3 Å². The second-order valence-electron chi connectivity index (χ2n) is 13.4. The number of hydrogen-bond acceptors (Lipinski definition) is 4. The van der Waals surface area contributed by atoms with Crippen molar-refractivity contribution in [3.05, 3.63) is 187 Å². The van der Waals surface area contributed by atoms with Gasteiger partial charge in [0.1, 0.15) is 23.2 Å². The topological polar surface area (TPSA) is 54.8 Å². The molecule has 244 valence electrons. The number of nitrogens with zero attached hydrogens (tertiary/aromatic N) is 3. The Hall–Kier alpha value is -6.98. The monoisotopic (exact) mass is 666 g/mol. The minimum absolute atomic E-state index is 0.339. The zero-order valence-electron chi connectivity index (χ0n) is 28.0. The lowest BCUT2D eigenvalue weighted by Crippen LogP contribution is -2.33. The van der Waals surface area contributed by atoms with E-state index >= 15 is 0 Å². The van der Waals surface area contributed by atoms with Crippen molar-refractivity contribution >= 4 is 77.0 Å². The first-order valence-electron chi connectivity index (χ1n) is 17.6. The smallest absolute Gasteiger partial charge is 0.159 e. The maximum absolute atomic E-state index is 6.24. The van der Waals surface area contributed by atoms with Crippen LogP contribution < -0.4 is 5.32 Å². The third kappa shape index (κ3) is 4.42. The first-order valence-corrected chi connectivity index (χ1v) is 17.6. The molecule has 1 aliphatic heterocycles. The fraction of sp³-hybridized carbons (Fsp3) is 0.0213. The molecule has 5 nitrogen and oxygen atoms in total. The van der Waals surface area contributed by atoms with Gasteiger partial charge in [-0.1, -0.05) is 127 Å². The summed E-state index contributed by atoms with van der Waals surface area (Å²) in [5.41, 5.74) is 8.13. The molecule has 11 rings (SSSR count). The Morgan fingerprint density at radius 3 is 1.83 bits per heavy atom. The highest BCUT2D eigenvalue weighted by Gasteiger charge is 2.23. The molecule has 1 aliphatic rings. The fourth-order valence-corrected chi connectivity index (χ4v) is 7.99. The normalized spacial score (nSPS) is 14.7. The molecule has 1 N–H and O–H groups in total. The van der Waals surface area contributed by atoms with Crippen LogP contribution in [-0.2, 0) is 0 Å². The summed E-state index contributed by atoms with van der Waals surface area (Å²) < 4.78 is 8.64. The molecule has 8 aromatic carbocycles. The van der Waals surface area contributed by atoms with E-state index in [1.165, 1.54) is 43.4 Å². The lowest BCUT2D eigenvalue weighted by atomic mass is 10.00. The SMILES string of the molecule is c1ccc(C2=NC(c3ccc4c(c3)oc3ccccc34)=NC(c3ccc(-n4c5ccc6ccccc6c5c5c6ccccc6ccc54)cc3)N2)cc1. The van der Waals surface area contributed by atoms with Crippen molar-refractivity contribution in [2.75, 3.05) is 0 Å². The van der Waals surface area contributed by atoms with E-state index in [4.69, 9.17) is 14.4 Å². The summed E-state index contributed by atoms with van der Waals surface area (Å²) in [4.78, 5) is 10.2. The lowest BCUT2D eigenvalue weighted by Gasteiger charge is -2.24. The summed E-state index contributed by atoms with van der Waals surface area (Å²) >= 11 is 0. The maximum Gasteiger partial charge on any atom is 0.159 e. The Labute approximate surface area is 298 Å². The van der Waals surface area contributed by atoms with Gasteiger partial charge in [0.05, 0.1) is 11.0 Å². The summed E-state index contributed by atoms with van der Waals surface area (Å²) in [5.74, 6) is 1.45. The number of nitrogens with one attached hydrogen (secondary N) is 1. The summed E-state index contributed by atoms with van der Waals surface area (Å²) in [6, 6.07) is 59.8. The molecule has 0 spiro atoms. The summed E-state index contributed by atoms with van der Waals surface area (Å²) in [5, 5.41) is 13.4. The Balaban J connectivity index is 1.05. The van der Waals surface area contributed by atoms with Gasteiger partial charge in [0, 0.05) is 38.4 Å². The minimum Gasteiger partial charge on any atom is -0.456 e. The summed E-state index contributed by atoms with van der Waals surface area (Å²) in [7, 11) is 0. The first-order chi connectivity index (χ1) is 25.8. The Kier molecular flexibility index (Phi) is 6.25. The van der Waals surface area contributed by atoms with Crippen LogP contribution in [0.2, 0.25) is 0 Å². The highest BCUT2D eigenvalue weighted by Crippen LogP contribution is 2.40. The molecule has 0 bridgehead atoms. The van der Waals surface area contributed by atoms with Crippen LogP contribution >= 0.6 is 0 Å². The van der Waals surface area contributed by atoms with E-state index in [0.717, 1.165) is 50.2 Å². The molecule has 0 fully saturated rings. The van der Waals surface area contributed by atoms with Crippen LogP contribution in [0.15, 0.2) is 184 Å². The Morgan fingerprint density at radius 2 is 1.12 bits per heavy atom. The van der Waals surface area contributed by atoms with E-state index in [2.05, 4.69) is 143 Å². The second kappa shape index (κ2) is 11.3. The van der Waals surface area contributed by atoms with E-state index in [0.29, 0.717) is 5.84 Å². The number of amidine groups is 2. The van der Waals surface area contributed by atoms with Crippen molar-refractivity contribution in [3.63, 3.8) is 0 Å². The minimum atomic E-state index is -0.339. The molecular weight excluding hydrogens is 637 g/mol. The molecule has 2 aromatic heterocycles. The van der Waals surface area contributed by atoms with Gasteiger partial charge in [-0.15, -0.1) is 0 Å². The number of aliphatic imine (C=N–C) groups is 2. The summed E-state index contributed by atoms with van der Waals surface area (Å²) in [6.07, 6.45) is -0.339. The zero-order chi connectivity index (χ0) is 34.2. The fourth-order valence-electron chi connectivity index (χ4n) is 7.99. The number of fused-ring (bicyclic) bond motifs is 10. The molecule has 52 heavy (non-hydrogen) atoms. The first kappa shape index (κ1) is 28.8. The van der Waals surface area contributed by atoms with Crippen molar-refractivity contribution < 1.29 is 4.42 Å². The van der Waals surface area contributed by atoms with Gasteiger partial charge in [-0.3, -0.25) is 0 Å². The quantitative estimate of drug-likeness (QED) is 0.203. The molecule has 10 aromatic rings. The van der Waals surface area contributed by atoms with Gasteiger partial charge in [0.2, 0.25) is 0 Å². The number of aromatic nitrogens is 1. The number of benzene rings is 8. The zero-order valence-corrected chi connectivity index (χ0v) is 28.0. The van der Waals surface area contributed by atoms with Crippen molar-refractivity contribution in [2.24, 2.45) is 9.98 Å². The molecule has 0 saturated carbocycles. The molecule has 5 heteroatoms. The van der Waals surface area contributed by atoms with Crippen LogP contribution in [0.3, 0.4) is 0 Å². The van der Waals surface area contributed by atoms with Gasteiger partial charge in [0.15, 0.2) is 5.84 Å². The molecule has 0 saturated heterocycles. The van der Waals surface area contributed by atoms with Crippen molar-refractivity contribution in [3.8, 4) is 5.69 Å². The van der Waals surface area contributed by atoms with E-state index in [9.17, 15) is 0 Å². The molecule has 1 unspecified atom stereocenters. The molecular formula is C47H30N4O. The van der Waals surface area contributed by atoms with Crippen molar-refractivity contribution in [1.29, 1.82) is 0 Å². The number of para-hydroxylation sites is 1. The largest absolute Gasteiger partial charge is 0.456 e. The molecule has 3 heterocycles. The van der Waals surface area contributed by atoms with Crippen molar-refractivity contribution in [1.82, 2.24) is 9.88 Å². The number of furan rings is 1. The third-order valence-corrected chi connectivity index (χ3v) is 10.4. The van der Waals surface area contributed by atoms with E-state index in [1.807, 2.05) is 36.4 Å². The lowest BCUT2D eigenvalue weighted by molar-refractivity contribution is 0.667. The highest BCUT2D eigenvalue weighted by atomic mass is 16.3. The Bertz CT molecular complexity index is 3000. The summed E-state index contributed by atoms with van der Waals surface area (Å²) in [6.45, 7) is 0. The van der Waals surface area contributed by atoms with E-state index in [-0.39, 0.29) is 6.17 Å². The van der Waals surface area contributed by atoms with Gasteiger partial charge in [0.25, 0.3) is 0 Å². The molecule has 0 aliphatic carbocycles. The van der Waals surface area contributed by atoms with Crippen LogP contribution in [0.5, 0.6) is 0 Å². The second-order valence-corrected chi connectivity index (χ2v) is 13.4. The molecule has 1 atom stereocenters. The van der Waals surface area contributed by atoms with Gasteiger partial charge >= 0.3 is 0 Å². The van der Waals surface area contributed by atoms with Crippen LogP contribution in [0.1, 0.15) is 22.9 Å². The standard InChI is InChI=1S/C47H30N4O/c1-2-12-31(13-3-1)45-48-46(50-47(49-45)33-20-25-38-37-16-8-9-17-41(37)52-42(38)28-33)32-18-23-34(24-19-32)51-39-26-21-29-10-4-6-14-35(29)43(39)44-36-15-7-5-11-30(36)22-27-40(44)51/h1-28,46H,(H,48,49,50). The van der Waals surface area contributed by atoms with Crippen LogP contribution in [0.4, 0.5) is 0 Å². The van der Waals surface area contributed by atoms with E-state index < -0.39 is 0 Å². The van der Waals surface area contributed by atoms with Gasteiger partial charge in [-0.05, 0) is 69.6 Å².